The van der Waals surface area contributed by atoms with Crippen LogP contribution >= 0.6 is 0 Å². The van der Waals surface area contributed by atoms with Crippen molar-refractivity contribution in [1.29, 1.82) is 0 Å². The number of nitrogens with one attached hydrogen (secondary N) is 1. The summed E-state index contributed by atoms with van der Waals surface area (Å²) in [6, 6.07) is 0. The molecule has 0 bridgehead atoms. The molecule has 1 aromatic heterocycles. The minimum Gasteiger partial charge on any atom is -0.409 e. The second-order valence-corrected chi connectivity index (χ2v) is 2.39. The third-order valence-electron chi connectivity index (χ3n) is 1.32. The number of amides is 1. The summed E-state index contributed by atoms with van der Waals surface area (Å²) < 4.78 is 4.45. The fourth-order valence-electron chi connectivity index (χ4n) is 0.710. The van der Waals surface area contributed by atoms with Crippen molar-refractivity contribution in [2.24, 2.45) is 10.9 Å². The Bertz CT molecular complexity index is 320. The molecular weight excluding hydrogens is 190 g/mol. The molecule has 1 aromatic rings. The summed E-state index contributed by atoms with van der Waals surface area (Å²) in [7, 11) is 0. The molecule has 8 nitrogen and oxygen atoms in total. The predicted molar refractivity (Wildman–Crippen MR) is 44.2 cm³/mol. The van der Waals surface area contributed by atoms with E-state index in [1.54, 1.807) is 0 Å². The van der Waals surface area contributed by atoms with E-state index in [0.717, 1.165) is 6.39 Å². The Balaban J connectivity index is 2.29. The molecule has 0 aromatic carbocycles. The van der Waals surface area contributed by atoms with E-state index in [-0.39, 0.29) is 24.7 Å². The molecule has 0 saturated carbocycles. The standard InChI is InChI=1S/C6H9N5O3/c7-4(10-13)1-6(12)8-2-5-9-3-14-11-5/h3,13H,1-2H2,(H2,7,10)(H,8,12). The van der Waals surface area contributed by atoms with Gasteiger partial charge in [-0.2, -0.15) is 4.98 Å². The maximum absolute atomic E-state index is 11.0. The highest BCUT2D eigenvalue weighted by Gasteiger charge is 2.05. The molecule has 0 aliphatic rings. The molecule has 0 aliphatic carbocycles. The van der Waals surface area contributed by atoms with Gasteiger partial charge in [-0.15, -0.1) is 0 Å². The first-order chi connectivity index (χ1) is 6.72. The van der Waals surface area contributed by atoms with Crippen molar-refractivity contribution in [3.05, 3.63) is 12.2 Å². The summed E-state index contributed by atoms with van der Waals surface area (Å²) >= 11 is 0. The number of aromatic nitrogens is 2. The average Bonchev–Trinajstić information content (AvgIpc) is 2.67. The number of nitrogens with two attached hydrogens (primary N) is 1. The van der Waals surface area contributed by atoms with Crippen molar-refractivity contribution in [3.8, 4) is 0 Å². The minimum absolute atomic E-state index is 0.147. The van der Waals surface area contributed by atoms with Crippen LogP contribution in [0.25, 0.3) is 0 Å². The second kappa shape index (κ2) is 4.80. The van der Waals surface area contributed by atoms with E-state index in [2.05, 4.69) is 25.1 Å². The Morgan fingerprint density at radius 3 is 3.14 bits per heavy atom. The predicted octanol–water partition coefficient (Wildman–Crippen LogP) is -1.18. The van der Waals surface area contributed by atoms with E-state index in [0.29, 0.717) is 5.82 Å². The zero-order chi connectivity index (χ0) is 10.4. The first-order valence-electron chi connectivity index (χ1n) is 3.70. The van der Waals surface area contributed by atoms with E-state index in [4.69, 9.17) is 10.9 Å². The molecule has 1 amide bonds. The number of oxime groups is 1. The quantitative estimate of drug-likeness (QED) is 0.242. The van der Waals surface area contributed by atoms with Gasteiger partial charge in [-0.05, 0) is 0 Å². The van der Waals surface area contributed by atoms with Gasteiger partial charge in [-0.1, -0.05) is 10.3 Å². The fraction of sp³-hybridized carbons (Fsp3) is 0.333. The lowest BCUT2D eigenvalue weighted by molar-refractivity contribution is -0.120. The summed E-state index contributed by atoms with van der Waals surface area (Å²) in [4.78, 5) is 14.7. The molecule has 4 N–H and O–H groups in total. The monoisotopic (exact) mass is 199 g/mol. The van der Waals surface area contributed by atoms with Crippen LogP contribution in [0.5, 0.6) is 0 Å². The Morgan fingerprint density at radius 2 is 2.57 bits per heavy atom. The molecule has 0 unspecified atom stereocenters. The highest BCUT2D eigenvalue weighted by molar-refractivity contribution is 5.98. The summed E-state index contributed by atoms with van der Waals surface area (Å²) in [6.07, 6.45) is 0.985. The third kappa shape index (κ3) is 3.09. The molecule has 8 heteroatoms. The van der Waals surface area contributed by atoms with Crippen molar-refractivity contribution in [1.82, 2.24) is 15.5 Å². The van der Waals surface area contributed by atoms with Crippen LogP contribution in [-0.2, 0) is 11.3 Å². The van der Waals surface area contributed by atoms with Gasteiger partial charge in [-0.25, -0.2) is 0 Å². The number of carbonyl (C=O) groups is 1. The van der Waals surface area contributed by atoms with Crippen LogP contribution in [0.3, 0.4) is 0 Å². The SMILES string of the molecule is NC(CC(=O)NCc1ncon1)=NO. The summed E-state index contributed by atoms with van der Waals surface area (Å²) in [5, 5.41) is 16.8. The third-order valence-corrected chi connectivity index (χ3v) is 1.32. The van der Waals surface area contributed by atoms with Gasteiger partial charge in [0.05, 0.1) is 13.0 Å². The Kier molecular flexibility index (Phi) is 3.41. The summed E-state index contributed by atoms with van der Waals surface area (Å²) in [5.41, 5.74) is 5.11. The van der Waals surface area contributed by atoms with Crippen LogP contribution in [0.4, 0.5) is 0 Å². The zero-order valence-corrected chi connectivity index (χ0v) is 7.17. The van der Waals surface area contributed by atoms with Gasteiger partial charge in [0.25, 0.3) is 0 Å². The number of carbonyl (C=O) groups excluding carboxylic acids is 1. The largest absolute Gasteiger partial charge is 0.409 e. The molecule has 0 aliphatic heterocycles. The molecule has 0 radical (unpaired) electrons. The smallest absolute Gasteiger partial charge is 0.228 e. The van der Waals surface area contributed by atoms with E-state index in [1.807, 2.05) is 0 Å². The normalized spacial score (nSPS) is 11.3. The molecule has 1 rings (SSSR count). The lowest BCUT2D eigenvalue weighted by Crippen LogP contribution is -2.28. The molecule has 0 saturated heterocycles. The number of rotatable bonds is 4. The van der Waals surface area contributed by atoms with E-state index in [1.165, 1.54) is 0 Å². The van der Waals surface area contributed by atoms with Crippen molar-refractivity contribution in [3.63, 3.8) is 0 Å². The number of hydrogen-bond donors (Lipinski definition) is 3. The molecule has 0 fully saturated rings. The Labute approximate surface area is 78.8 Å². The Morgan fingerprint density at radius 1 is 1.79 bits per heavy atom. The topological polar surface area (TPSA) is 127 Å². The van der Waals surface area contributed by atoms with E-state index in [9.17, 15) is 4.79 Å². The van der Waals surface area contributed by atoms with Gasteiger partial charge in [0, 0.05) is 0 Å². The zero-order valence-electron chi connectivity index (χ0n) is 7.17. The number of hydrogen-bond acceptors (Lipinski definition) is 6. The van der Waals surface area contributed by atoms with Crippen molar-refractivity contribution in [2.45, 2.75) is 13.0 Å². The lowest BCUT2D eigenvalue weighted by atomic mass is 10.4. The van der Waals surface area contributed by atoms with Gasteiger partial charge < -0.3 is 20.8 Å². The lowest BCUT2D eigenvalue weighted by Gasteiger charge is -2.00. The Hall–Kier alpha value is -2.12. The van der Waals surface area contributed by atoms with Crippen LogP contribution in [0, 0.1) is 0 Å². The molecule has 1 heterocycles. The van der Waals surface area contributed by atoms with E-state index >= 15 is 0 Å². The number of amidine groups is 1. The van der Waals surface area contributed by atoms with Crippen LogP contribution in [-0.4, -0.2) is 27.1 Å². The highest BCUT2D eigenvalue weighted by Crippen LogP contribution is 1.88. The van der Waals surface area contributed by atoms with Crippen molar-refractivity contribution < 1.29 is 14.5 Å². The van der Waals surface area contributed by atoms with Crippen molar-refractivity contribution >= 4 is 11.7 Å². The van der Waals surface area contributed by atoms with Crippen LogP contribution in [0.2, 0.25) is 0 Å². The molecule has 76 valence electrons. The van der Waals surface area contributed by atoms with Crippen LogP contribution in [0.15, 0.2) is 16.1 Å². The van der Waals surface area contributed by atoms with Crippen molar-refractivity contribution in [2.75, 3.05) is 0 Å². The van der Waals surface area contributed by atoms with Gasteiger partial charge in [-0.3, -0.25) is 4.79 Å². The molecular formula is C6H9N5O3. The minimum atomic E-state index is -0.384. The van der Waals surface area contributed by atoms with E-state index < -0.39 is 0 Å². The van der Waals surface area contributed by atoms with Gasteiger partial charge in [0.2, 0.25) is 12.3 Å². The summed E-state index contributed by atoms with van der Waals surface area (Å²) in [5.74, 6) is -0.182. The highest BCUT2D eigenvalue weighted by atomic mass is 16.5. The van der Waals surface area contributed by atoms with Gasteiger partial charge >= 0.3 is 0 Å². The van der Waals surface area contributed by atoms with Crippen LogP contribution < -0.4 is 11.1 Å². The molecule has 0 atom stereocenters. The fourth-order valence-corrected chi connectivity index (χ4v) is 0.710. The molecule has 14 heavy (non-hydrogen) atoms. The van der Waals surface area contributed by atoms with Gasteiger partial charge in [0.1, 0.15) is 5.84 Å². The maximum Gasteiger partial charge on any atom is 0.228 e. The maximum atomic E-state index is 11.0. The average molecular weight is 199 g/mol. The van der Waals surface area contributed by atoms with Crippen LogP contribution in [0.1, 0.15) is 12.2 Å². The first-order valence-corrected chi connectivity index (χ1v) is 3.70. The number of nitrogens with zero attached hydrogens (tertiary/aromatic N) is 3. The molecule has 0 spiro atoms. The first kappa shape index (κ1) is 9.96. The summed E-state index contributed by atoms with van der Waals surface area (Å²) in [6.45, 7) is 0.147. The van der Waals surface area contributed by atoms with Gasteiger partial charge in [0.15, 0.2) is 5.82 Å². The second-order valence-electron chi connectivity index (χ2n) is 2.39.